The van der Waals surface area contributed by atoms with Gasteiger partial charge in [-0.05, 0) is 82.9 Å². The number of hydrogen-bond acceptors (Lipinski definition) is 0. The van der Waals surface area contributed by atoms with Crippen LogP contribution in [0.25, 0.3) is 22.3 Å². The standard InChI is InChI=1S/C43H52/c1-40(2,3)29-18-22-31-33(24-20-29)37(42(7,8)9)26-35(31)39(28-16-14-13-15-17-28)36-27-38(43(10,11)12)34-25-21-30(41(4,5)6)19-23-32(34)36/h13-27,39H,1-12H3. The molecular weight excluding hydrogens is 516 g/mol. The van der Waals surface area contributed by atoms with Crippen molar-refractivity contribution < 1.29 is 0 Å². The summed E-state index contributed by atoms with van der Waals surface area (Å²) in [6.07, 6.45) is 0. The Morgan fingerprint density at radius 2 is 0.721 bits per heavy atom. The minimum atomic E-state index is 0.0205. The summed E-state index contributed by atoms with van der Waals surface area (Å²) >= 11 is 0. The van der Waals surface area contributed by atoms with Gasteiger partial charge in [0, 0.05) is 5.92 Å². The molecule has 5 rings (SSSR count). The molecule has 43 heavy (non-hydrogen) atoms. The second-order valence-corrected chi connectivity index (χ2v) is 16.8. The van der Waals surface area contributed by atoms with Crippen molar-refractivity contribution in [1.29, 1.82) is 0 Å². The van der Waals surface area contributed by atoms with E-state index in [-0.39, 0.29) is 27.6 Å². The van der Waals surface area contributed by atoms with Gasteiger partial charge in [0.05, 0.1) is 0 Å². The molecule has 0 heteroatoms. The van der Waals surface area contributed by atoms with E-state index in [4.69, 9.17) is 0 Å². The third-order valence-electron chi connectivity index (χ3n) is 9.20. The van der Waals surface area contributed by atoms with Gasteiger partial charge in [-0.2, -0.15) is 0 Å². The van der Waals surface area contributed by atoms with Crippen LogP contribution in [0.15, 0.2) is 91.0 Å². The molecule has 4 aliphatic rings. The minimum absolute atomic E-state index is 0.0205. The summed E-state index contributed by atoms with van der Waals surface area (Å²) in [6.45, 7) is 28.0. The van der Waals surface area contributed by atoms with E-state index in [1.165, 1.54) is 61.2 Å². The zero-order chi connectivity index (χ0) is 31.5. The molecule has 4 aliphatic carbocycles. The van der Waals surface area contributed by atoms with Gasteiger partial charge in [-0.1, -0.05) is 174 Å². The lowest BCUT2D eigenvalue weighted by atomic mass is 9.83. The highest BCUT2D eigenvalue weighted by Crippen LogP contribution is 2.50. The van der Waals surface area contributed by atoms with Crippen molar-refractivity contribution >= 4 is 0 Å². The Hall–Kier alpha value is -3.38. The summed E-state index contributed by atoms with van der Waals surface area (Å²) < 4.78 is 0. The average Bonchev–Trinajstić information content (AvgIpc) is 3.22. The lowest BCUT2D eigenvalue weighted by Gasteiger charge is -2.20. The summed E-state index contributed by atoms with van der Waals surface area (Å²) in [6, 6.07) is 35.2. The van der Waals surface area contributed by atoms with Gasteiger partial charge >= 0.3 is 0 Å². The smallest absolute Gasteiger partial charge is 0.0352 e. The molecule has 0 spiro atoms. The van der Waals surface area contributed by atoms with Crippen molar-refractivity contribution in [2.24, 2.45) is 0 Å². The van der Waals surface area contributed by atoms with Crippen molar-refractivity contribution in [3.05, 3.63) is 130 Å². The van der Waals surface area contributed by atoms with E-state index in [0.717, 1.165) is 0 Å². The fraction of sp³-hybridized carbons (Fsp3) is 0.395. The van der Waals surface area contributed by atoms with E-state index in [2.05, 4.69) is 174 Å². The molecule has 0 unspecified atom stereocenters. The Morgan fingerprint density at radius 3 is 1.05 bits per heavy atom. The first-order chi connectivity index (χ1) is 19.9. The topological polar surface area (TPSA) is 0 Å². The summed E-state index contributed by atoms with van der Waals surface area (Å²) in [5.74, 6) is 0.111. The van der Waals surface area contributed by atoms with Gasteiger partial charge in [0.15, 0.2) is 0 Å². The van der Waals surface area contributed by atoms with Crippen molar-refractivity contribution in [3.8, 4) is 22.3 Å². The highest BCUT2D eigenvalue weighted by molar-refractivity contribution is 5.83. The Bertz CT molecular complexity index is 1560. The number of benzene rings is 1. The first-order valence-corrected chi connectivity index (χ1v) is 16.1. The first-order valence-electron chi connectivity index (χ1n) is 16.1. The molecule has 0 nitrogen and oxygen atoms in total. The molecule has 1 aromatic carbocycles. The molecule has 0 heterocycles. The van der Waals surface area contributed by atoms with Gasteiger partial charge in [-0.25, -0.2) is 0 Å². The Balaban J connectivity index is 1.89. The maximum absolute atomic E-state index is 2.53. The highest BCUT2D eigenvalue weighted by atomic mass is 14.4. The lowest BCUT2D eigenvalue weighted by Crippen LogP contribution is -2.11. The third kappa shape index (κ3) is 6.04. The Labute approximate surface area is 262 Å². The van der Waals surface area contributed by atoms with Gasteiger partial charge in [0.25, 0.3) is 0 Å². The van der Waals surface area contributed by atoms with Crippen LogP contribution in [0, 0.1) is 0 Å². The largest absolute Gasteiger partial charge is 0.0622 e. The van der Waals surface area contributed by atoms with Crippen molar-refractivity contribution in [2.75, 3.05) is 0 Å². The fourth-order valence-corrected chi connectivity index (χ4v) is 6.65. The van der Waals surface area contributed by atoms with Gasteiger partial charge in [0.2, 0.25) is 0 Å². The molecule has 0 aromatic heterocycles. The second kappa shape index (κ2) is 10.7. The van der Waals surface area contributed by atoms with Gasteiger partial charge < -0.3 is 0 Å². The molecule has 0 amide bonds. The molecule has 0 saturated heterocycles. The fourth-order valence-electron chi connectivity index (χ4n) is 6.65. The van der Waals surface area contributed by atoms with E-state index in [1.807, 2.05) is 0 Å². The molecule has 1 aromatic rings. The minimum Gasteiger partial charge on any atom is -0.0622 e. The van der Waals surface area contributed by atoms with Gasteiger partial charge in [-0.15, -0.1) is 0 Å². The summed E-state index contributed by atoms with van der Waals surface area (Å²) in [5.41, 5.74) is 15.4. The van der Waals surface area contributed by atoms with E-state index in [0.29, 0.717) is 0 Å². The van der Waals surface area contributed by atoms with Gasteiger partial charge in [0.1, 0.15) is 0 Å². The molecular formula is C43H52. The summed E-state index contributed by atoms with van der Waals surface area (Å²) in [4.78, 5) is 0. The quantitative estimate of drug-likeness (QED) is 0.203. The maximum atomic E-state index is 2.53. The Kier molecular flexibility index (Phi) is 7.70. The van der Waals surface area contributed by atoms with Crippen molar-refractivity contribution in [1.82, 2.24) is 0 Å². The van der Waals surface area contributed by atoms with Crippen LogP contribution < -0.4 is 0 Å². The van der Waals surface area contributed by atoms with Crippen molar-refractivity contribution in [2.45, 2.75) is 111 Å². The van der Waals surface area contributed by atoms with Gasteiger partial charge in [-0.3, -0.25) is 0 Å². The van der Waals surface area contributed by atoms with Crippen LogP contribution in [0.1, 0.15) is 128 Å². The van der Waals surface area contributed by atoms with Crippen LogP contribution >= 0.6 is 0 Å². The summed E-state index contributed by atoms with van der Waals surface area (Å²) in [5, 5.41) is 0. The number of hydrogen-bond donors (Lipinski definition) is 0. The highest BCUT2D eigenvalue weighted by Gasteiger charge is 2.33. The van der Waals surface area contributed by atoms with E-state index < -0.39 is 0 Å². The molecule has 0 N–H and O–H groups in total. The van der Waals surface area contributed by atoms with E-state index in [1.54, 1.807) is 0 Å². The van der Waals surface area contributed by atoms with E-state index in [9.17, 15) is 0 Å². The molecule has 0 fully saturated rings. The van der Waals surface area contributed by atoms with Crippen LogP contribution in [-0.4, -0.2) is 0 Å². The molecule has 224 valence electrons. The molecule has 0 radical (unpaired) electrons. The van der Waals surface area contributed by atoms with Crippen LogP contribution in [0.3, 0.4) is 0 Å². The Morgan fingerprint density at radius 1 is 0.372 bits per heavy atom. The first kappa shape index (κ1) is 31.1. The zero-order valence-corrected chi connectivity index (χ0v) is 28.7. The van der Waals surface area contributed by atoms with Crippen LogP contribution in [0.2, 0.25) is 0 Å². The molecule has 0 atom stereocenters. The normalized spacial score (nSPS) is 13.3. The molecule has 0 saturated carbocycles. The zero-order valence-electron chi connectivity index (χ0n) is 28.7. The van der Waals surface area contributed by atoms with Crippen molar-refractivity contribution in [3.63, 3.8) is 0 Å². The number of fused-ring (bicyclic) bond motifs is 2. The van der Waals surface area contributed by atoms with E-state index >= 15 is 0 Å². The lowest BCUT2D eigenvalue weighted by molar-refractivity contribution is 0.590. The maximum Gasteiger partial charge on any atom is 0.0352 e. The summed E-state index contributed by atoms with van der Waals surface area (Å²) in [7, 11) is 0. The van der Waals surface area contributed by atoms with Crippen LogP contribution in [0.4, 0.5) is 0 Å². The predicted octanol–water partition coefficient (Wildman–Crippen LogP) is 12.3. The van der Waals surface area contributed by atoms with Crippen LogP contribution in [-0.2, 0) is 21.7 Å². The second-order valence-electron chi connectivity index (χ2n) is 16.8. The predicted molar refractivity (Wildman–Crippen MR) is 188 cm³/mol. The average molecular weight is 569 g/mol. The number of rotatable bonds is 3. The molecule has 0 aliphatic heterocycles. The third-order valence-corrected chi connectivity index (χ3v) is 9.20. The monoisotopic (exact) mass is 568 g/mol. The molecule has 0 bridgehead atoms. The SMILES string of the molecule is CC(C)(C)c1ccc2c(C(c3ccccc3)c3cc(C(C)(C)C)c4ccc(C(C)(C)C)ccc3-4)cc(C(C)(C)C)c-2cc1. The van der Waals surface area contributed by atoms with Crippen LogP contribution in [0.5, 0.6) is 0 Å².